The van der Waals surface area contributed by atoms with Gasteiger partial charge in [0.1, 0.15) is 5.82 Å². The molecule has 18 heavy (non-hydrogen) atoms. The van der Waals surface area contributed by atoms with Gasteiger partial charge < -0.3 is 10.4 Å². The lowest BCUT2D eigenvalue weighted by Crippen LogP contribution is -2.05. The smallest absolute Gasteiger partial charge is 0.335 e. The Hall–Kier alpha value is -1.95. The quantitative estimate of drug-likeness (QED) is 0.886. The Bertz CT molecular complexity index is 580. The van der Waals surface area contributed by atoms with Crippen LogP contribution in [0, 0.1) is 13.8 Å². The van der Waals surface area contributed by atoms with Crippen molar-refractivity contribution in [3.8, 4) is 0 Å². The molecule has 5 nitrogen and oxygen atoms in total. The van der Waals surface area contributed by atoms with Crippen molar-refractivity contribution in [1.29, 1.82) is 0 Å². The first-order valence-corrected chi connectivity index (χ1v) is 6.29. The minimum absolute atomic E-state index is 0.236. The summed E-state index contributed by atoms with van der Waals surface area (Å²) >= 11 is 1.59. The number of nitrogens with one attached hydrogen (secondary N) is 1. The first kappa shape index (κ1) is 12.5. The van der Waals surface area contributed by atoms with Gasteiger partial charge in [0.05, 0.1) is 22.8 Å². The van der Waals surface area contributed by atoms with Gasteiger partial charge in [0, 0.05) is 11.1 Å². The molecule has 2 N–H and O–H groups in total. The molecule has 0 saturated heterocycles. The molecule has 0 aromatic carbocycles. The number of aromatic nitrogens is 2. The van der Waals surface area contributed by atoms with Crippen molar-refractivity contribution in [1.82, 2.24) is 9.97 Å². The second-order valence-electron chi connectivity index (χ2n) is 3.90. The fraction of sp³-hybridized carbons (Fsp3) is 0.250. The number of pyridine rings is 1. The lowest BCUT2D eigenvalue weighted by Gasteiger charge is -2.06. The third kappa shape index (κ3) is 3.04. The molecule has 0 aliphatic rings. The average molecular weight is 263 g/mol. The number of aromatic carboxylic acids is 1. The van der Waals surface area contributed by atoms with E-state index in [2.05, 4.69) is 15.3 Å². The third-order valence-electron chi connectivity index (χ3n) is 2.32. The topological polar surface area (TPSA) is 75.1 Å². The zero-order chi connectivity index (χ0) is 13.1. The zero-order valence-electron chi connectivity index (χ0n) is 10.1. The van der Waals surface area contributed by atoms with Crippen molar-refractivity contribution < 1.29 is 9.90 Å². The lowest BCUT2D eigenvalue weighted by molar-refractivity contribution is 0.0696. The van der Waals surface area contributed by atoms with Crippen LogP contribution in [0.3, 0.4) is 0 Å². The van der Waals surface area contributed by atoms with E-state index in [0.29, 0.717) is 18.1 Å². The summed E-state index contributed by atoms with van der Waals surface area (Å²) in [6.07, 6.45) is 0. The average Bonchev–Trinajstić information content (AvgIpc) is 2.72. The van der Waals surface area contributed by atoms with Gasteiger partial charge >= 0.3 is 5.97 Å². The number of hydrogen-bond acceptors (Lipinski definition) is 5. The molecule has 0 saturated carbocycles. The number of carboxylic acids is 1. The Kier molecular flexibility index (Phi) is 3.57. The molecule has 0 unspecified atom stereocenters. The number of rotatable bonds is 4. The van der Waals surface area contributed by atoms with Gasteiger partial charge in [-0.15, -0.1) is 11.3 Å². The van der Waals surface area contributed by atoms with E-state index in [1.54, 1.807) is 24.3 Å². The van der Waals surface area contributed by atoms with E-state index in [0.717, 1.165) is 10.7 Å². The first-order valence-electron chi connectivity index (χ1n) is 5.41. The maximum absolute atomic E-state index is 10.9. The molecule has 0 fully saturated rings. The van der Waals surface area contributed by atoms with Crippen LogP contribution in [0.25, 0.3) is 0 Å². The molecule has 0 spiro atoms. The van der Waals surface area contributed by atoms with E-state index >= 15 is 0 Å². The summed E-state index contributed by atoms with van der Waals surface area (Å²) in [5.74, 6) is -0.397. The molecule has 94 valence electrons. The summed E-state index contributed by atoms with van der Waals surface area (Å²) in [7, 11) is 0. The molecule has 2 heterocycles. The molecule has 0 radical (unpaired) electrons. The Morgan fingerprint density at radius 1 is 1.39 bits per heavy atom. The highest BCUT2D eigenvalue weighted by Crippen LogP contribution is 2.13. The van der Waals surface area contributed by atoms with Crippen LogP contribution in [0.15, 0.2) is 17.5 Å². The molecule has 2 rings (SSSR count). The summed E-state index contributed by atoms with van der Waals surface area (Å²) in [6, 6.07) is 3.06. The highest BCUT2D eigenvalue weighted by molar-refractivity contribution is 7.09. The molecule has 6 heteroatoms. The molecular weight excluding hydrogens is 250 g/mol. The third-order valence-corrected chi connectivity index (χ3v) is 3.14. The van der Waals surface area contributed by atoms with Crippen LogP contribution >= 0.6 is 11.3 Å². The lowest BCUT2D eigenvalue weighted by atomic mass is 10.2. The van der Waals surface area contributed by atoms with Crippen molar-refractivity contribution in [3.05, 3.63) is 39.5 Å². The fourth-order valence-corrected chi connectivity index (χ4v) is 2.17. The highest BCUT2D eigenvalue weighted by atomic mass is 32.1. The minimum atomic E-state index is -0.951. The standard InChI is InChI=1S/C12H13N3O2S/c1-7-3-9(12(16)17)4-11(14-7)13-5-10-6-18-8(2)15-10/h3-4,6H,5H2,1-2H3,(H,13,14)(H,16,17). The number of carbonyl (C=O) groups is 1. The monoisotopic (exact) mass is 263 g/mol. The summed E-state index contributed by atoms with van der Waals surface area (Å²) in [4.78, 5) is 19.5. The van der Waals surface area contributed by atoms with Crippen LogP contribution in [-0.4, -0.2) is 21.0 Å². The Morgan fingerprint density at radius 3 is 2.78 bits per heavy atom. The largest absolute Gasteiger partial charge is 0.478 e. The Morgan fingerprint density at radius 2 is 2.17 bits per heavy atom. The van der Waals surface area contributed by atoms with Crippen LogP contribution in [-0.2, 0) is 6.54 Å². The predicted octanol–water partition coefficient (Wildman–Crippen LogP) is 2.47. The molecule has 0 atom stereocenters. The highest BCUT2D eigenvalue weighted by Gasteiger charge is 2.07. The number of nitrogens with zero attached hydrogens (tertiary/aromatic N) is 2. The zero-order valence-corrected chi connectivity index (χ0v) is 10.9. The first-order chi connectivity index (χ1) is 8.54. The van der Waals surface area contributed by atoms with Crippen LogP contribution in [0.2, 0.25) is 0 Å². The number of aryl methyl sites for hydroxylation is 2. The Balaban J connectivity index is 2.11. The van der Waals surface area contributed by atoms with Crippen molar-refractivity contribution >= 4 is 23.1 Å². The maximum Gasteiger partial charge on any atom is 0.335 e. The molecule has 2 aromatic heterocycles. The summed E-state index contributed by atoms with van der Waals surface area (Å²) in [5, 5.41) is 15.0. The molecule has 0 aliphatic heterocycles. The van der Waals surface area contributed by atoms with Gasteiger partial charge in [-0.3, -0.25) is 0 Å². The summed E-state index contributed by atoms with van der Waals surface area (Å²) in [6.45, 7) is 4.26. The van der Waals surface area contributed by atoms with Gasteiger partial charge in [0.25, 0.3) is 0 Å². The van der Waals surface area contributed by atoms with E-state index in [9.17, 15) is 4.79 Å². The van der Waals surface area contributed by atoms with E-state index in [-0.39, 0.29) is 5.56 Å². The minimum Gasteiger partial charge on any atom is -0.478 e. The van der Waals surface area contributed by atoms with Gasteiger partial charge in [-0.1, -0.05) is 0 Å². The number of anilines is 1. The van der Waals surface area contributed by atoms with Crippen LogP contribution in [0.5, 0.6) is 0 Å². The van der Waals surface area contributed by atoms with Gasteiger partial charge in [-0.25, -0.2) is 14.8 Å². The fourth-order valence-electron chi connectivity index (χ4n) is 1.55. The van der Waals surface area contributed by atoms with Gasteiger partial charge in [0.2, 0.25) is 0 Å². The molecule has 0 amide bonds. The second-order valence-corrected chi connectivity index (χ2v) is 4.96. The van der Waals surface area contributed by atoms with Crippen LogP contribution < -0.4 is 5.32 Å². The van der Waals surface area contributed by atoms with Gasteiger partial charge in [-0.05, 0) is 26.0 Å². The molecule has 0 aliphatic carbocycles. The molecule has 2 aromatic rings. The summed E-state index contributed by atoms with van der Waals surface area (Å²) in [5.41, 5.74) is 1.84. The Labute approximate surface area is 109 Å². The SMILES string of the molecule is Cc1cc(C(=O)O)cc(NCc2csc(C)n2)n1. The number of carboxylic acid groups (broad SMARTS) is 1. The molecular formula is C12H13N3O2S. The maximum atomic E-state index is 10.9. The second kappa shape index (κ2) is 5.14. The van der Waals surface area contributed by atoms with E-state index in [1.165, 1.54) is 6.07 Å². The predicted molar refractivity (Wildman–Crippen MR) is 70.1 cm³/mol. The van der Waals surface area contributed by atoms with Crippen LogP contribution in [0.4, 0.5) is 5.82 Å². The summed E-state index contributed by atoms with van der Waals surface area (Å²) < 4.78 is 0. The van der Waals surface area contributed by atoms with Gasteiger partial charge in [0.15, 0.2) is 0 Å². The van der Waals surface area contributed by atoms with Crippen molar-refractivity contribution in [2.24, 2.45) is 0 Å². The van der Waals surface area contributed by atoms with E-state index < -0.39 is 5.97 Å². The van der Waals surface area contributed by atoms with Crippen molar-refractivity contribution in [3.63, 3.8) is 0 Å². The normalized spacial score (nSPS) is 10.3. The molecule has 0 bridgehead atoms. The van der Waals surface area contributed by atoms with Gasteiger partial charge in [-0.2, -0.15) is 0 Å². The van der Waals surface area contributed by atoms with Crippen LogP contribution in [0.1, 0.15) is 26.8 Å². The van der Waals surface area contributed by atoms with E-state index in [4.69, 9.17) is 5.11 Å². The number of thiazole rings is 1. The van der Waals surface area contributed by atoms with Crippen molar-refractivity contribution in [2.45, 2.75) is 20.4 Å². The number of hydrogen-bond donors (Lipinski definition) is 2. The van der Waals surface area contributed by atoms with Crippen molar-refractivity contribution in [2.75, 3.05) is 5.32 Å². The van der Waals surface area contributed by atoms with E-state index in [1.807, 2.05) is 12.3 Å².